The van der Waals surface area contributed by atoms with Crippen molar-refractivity contribution in [1.82, 2.24) is 0 Å². The van der Waals surface area contributed by atoms with Gasteiger partial charge in [-0.05, 0) is 60.6 Å². The Hall–Kier alpha value is -1.02. The fourth-order valence-corrected chi connectivity index (χ4v) is 3.80. The summed E-state index contributed by atoms with van der Waals surface area (Å²) in [5.41, 5.74) is 2.85. The van der Waals surface area contributed by atoms with Crippen LogP contribution < -0.4 is 4.74 Å². The van der Waals surface area contributed by atoms with Gasteiger partial charge in [-0.1, -0.05) is 12.1 Å². The molecule has 2 nitrogen and oxygen atoms in total. The zero-order chi connectivity index (χ0) is 11.8. The van der Waals surface area contributed by atoms with Crippen molar-refractivity contribution in [2.45, 2.75) is 25.7 Å². The molecule has 17 heavy (non-hydrogen) atoms. The monoisotopic (exact) mass is 232 g/mol. The second-order valence-corrected chi connectivity index (χ2v) is 5.45. The molecule has 0 heterocycles. The van der Waals surface area contributed by atoms with Gasteiger partial charge in [-0.15, -0.1) is 0 Å². The van der Waals surface area contributed by atoms with Gasteiger partial charge in [0, 0.05) is 6.61 Å². The van der Waals surface area contributed by atoms with E-state index >= 15 is 0 Å². The maximum atomic E-state index is 9.43. The average Bonchev–Trinajstić information content (AvgIpc) is 2.77. The van der Waals surface area contributed by atoms with E-state index in [2.05, 4.69) is 18.2 Å². The Labute approximate surface area is 103 Å². The molecule has 92 valence electrons. The molecule has 0 unspecified atom stereocenters. The molecule has 2 aliphatic carbocycles. The van der Waals surface area contributed by atoms with Gasteiger partial charge in [0.25, 0.3) is 0 Å². The lowest BCUT2D eigenvalue weighted by Crippen LogP contribution is -2.26. The fraction of sp³-hybridized carbons (Fsp3) is 0.600. The number of hydrogen-bond donors (Lipinski definition) is 1. The number of ether oxygens (including phenoxy) is 1. The van der Waals surface area contributed by atoms with E-state index in [0.717, 1.165) is 24.5 Å². The summed E-state index contributed by atoms with van der Waals surface area (Å²) in [6, 6.07) is 6.37. The first-order valence-corrected chi connectivity index (χ1v) is 6.59. The summed E-state index contributed by atoms with van der Waals surface area (Å²) in [4.78, 5) is 0. The van der Waals surface area contributed by atoms with Crippen molar-refractivity contribution in [1.29, 1.82) is 0 Å². The van der Waals surface area contributed by atoms with Gasteiger partial charge in [-0.2, -0.15) is 0 Å². The molecule has 0 saturated heterocycles. The molecule has 1 aromatic rings. The van der Waals surface area contributed by atoms with Crippen LogP contribution in [0.4, 0.5) is 0 Å². The van der Waals surface area contributed by atoms with Crippen LogP contribution in [0.3, 0.4) is 0 Å². The SMILES string of the molecule is COc1cccc2c1C[C@H]1CC[C@H](CO)[C@H]1C2. The van der Waals surface area contributed by atoms with Gasteiger partial charge in [-0.3, -0.25) is 0 Å². The maximum absolute atomic E-state index is 9.43. The number of aliphatic hydroxyl groups excluding tert-OH is 1. The smallest absolute Gasteiger partial charge is 0.122 e. The van der Waals surface area contributed by atoms with Gasteiger partial charge in [0.1, 0.15) is 5.75 Å². The standard InChI is InChI=1S/C15H20O2/c1-17-15-4-2-3-10-7-13-11(8-14(10)15)5-6-12(13)9-16/h2-4,11-13,16H,5-9H2,1H3/t11-,12-,13+/m1/s1. The van der Waals surface area contributed by atoms with E-state index in [4.69, 9.17) is 4.74 Å². The number of benzene rings is 1. The largest absolute Gasteiger partial charge is 0.496 e. The average molecular weight is 232 g/mol. The minimum atomic E-state index is 0.362. The quantitative estimate of drug-likeness (QED) is 0.848. The summed E-state index contributed by atoms with van der Waals surface area (Å²) in [5, 5.41) is 9.43. The molecule has 3 atom stereocenters. The van der Waals surface area contributed by atoms with Gasteiger partial charge in [0.15, 0.2) is 0 Å². The number of aliphatic hydroxyl groups is 1. The molecule has 0 bridgehead atoms. The van der Waals surface area contributed by atoms with Crippen LogP contribution in [-0.2, 0) is 12.8 Å². The molecule has 0 aliphatic heterocycles. The molecule has 2 aliphatic rings. The Bertz CT molecular complexity index is 413. The van der Waals surface area contributed by atoms with Gasteiger partial charge in [0.2, 0.25) is 0 Å². The van der Waals surface area contributed by atoms with Crippen LogP contribution >= 0.6 is 0 Å². The van der Waals surface area contributed by atoms with Gasteiger partial charge < -0.3 is 9.84 Å². The number of rotatable bonds is 2. The second kappa shape index (κ2) is 4.34. The minimum absolute atomic E-state index is 0.362. The van der Waals surface area contributed by atoms with Gasteiger partial charge in [-0.25, -0.2) is 0 Å². The lowest BCUT2D eigenvalue weighted by Gasteiger charge is -2.31. The highest BCUT2D eigenvalue weighted by molar-refractivity contribution is 5.42. The number of fused-ring (bicyclic) bond motifs is 2. The number of hydrogen-bond acceptors (Lipinski definition) is 2. The topological polar surface area (TPSA) is 29.5 Å². The summed E-state index contributed by atoms with van der Waals surface area (Å²) in [5.74, 6) is 3.03. The van der Waals surface area contributed by atoms with Crippen LogP contribution in [0.25, 0.3) is 0 Å². The van der Waals surface area contributed by atoms with Crippen LogP contribution in [0.15, 0.2) is 18.2 Å². The third kappa shape index (κ3) is 1.75. The molecule has 0 amide bonds. The van der Waals surface area contributed by atoms with E-state index in [-0.39, 0.29) is 0 Å². The second-order valence-electron chi connectivity index (χ2n) is 5.45. The van der Waals surface area contributed by atoms with Crippen molar-refractivity contribution in [2.75, 3.05) is 13.7 Å². The normalized spacial score (nSPS) is 30.8. The third-order valence-corrected chi connectivity index (χ3v) is 4.73. The van der Waals surface area contributed by atoms with E-state index in [9.17, 15) is 5.11 Å². The Balaban J connectivity index is 1.93. The first-order valence-electron chi connectivity index (χ1n) is 6.59. The van der Waals surface area contributed by atoms with E-state index in [1.165, 1.54) is 24.0 Å². The molecule has 3 rings (SSSR count). The summed E-state index contributed by atoms with van der Waals surface area (Å²) in [6.45, 7) is 0.362. The highest BCUT2D eigenvalue weighted by Gasteiger charge is 2.39. The van der Waals surface area contributed by atoms with Gasteiger partial charge in [0.05, 0.1) is 7.11 Å². The Morgan fingerprint density at radius 3 is 2.94 bits per heavy atom. The van der Waals surface area contributed by atoms with Crippen LogP contribution in [0.1, 0.15) is 24.0 Å². The molecule has 0 aromatic heterocycles. The lowest BCUT2D eigenvalue weighted by atomic mass is 9.75. The Morgan fingerprint density at radius 1 is 1.29 bits per heavy atom. The zero-order valence-electron chi connectivity index (χ0n) is 10.4. The summed E-state index contributed by atoms with van der Waals surface area (Å²) < 4.78 is 5.46. The minimum Gasteiger partial charge on any atom is -0.496 e. The predicted molar refractivity (Wildman–Crippen MR) is 67.2 cm³/mol. The lowest BCUT2D eigenvalue weighted by molar-refractivity contribution is 0.173. The van der Waals surface area contributed by atoms with Crippen LogP contribution in [0.2, 0.25) is 0 Å². The molecule has 0 spiro atoms. The highest BCUT2D eigenvalue weighted by Crippen LogP contribution is 2.46. The first-order chi connectivity index (χ1) is 8.33. The highest BCUT2D eigenvalue weighted by atomic mass is 16.5. The van der Waals surface area contributed by atoms with Crippen molar-refractivity contribution < 1.29 is 9.84 Å². The van der Waals surface area contributed by atoms with E-state index in [1.807, 2.05) is 0 Å². The predicted octanol–water partition coefficient (Wildman–Crippen LogP) is 2.43. The van der Waals surface area contributed by atoms with Crippen LogP contribution in [-0.4, -0.2) is 18.8 Å². The first kappa shape index (κ1) is 11.1. The summed E-state index contributed by atoms with van der Waals surface area (Å²) >= 11 is 0. The van der Waals surface area contributed by atoms with Crippen LogP contribution in [0, 0.1) is 17.8 Å². The Morgan fingerprint density at radius 2 is 2.18 bits per heavy atom. The third-order valence-electron chi connectivity index (χ3n) is 4.73. The molecule has 1 N–H and O–H groups in total. The van der Waals surface area contributed by atoms with E-state index in [1.54, 1.807) is 7.11 Å². The van der Waals surface area contributed by atoms with Crippen molar-refractivity contribution >= 4 is 0 Å². The molecule has 1 fully saturated rings. The van der Waals surface area contributed by atoms with Crippen molar-refractivity contribution in [3.63, 3.8) is 0 Å². The van der Waals surface area contributed by atoms with Crippen molar-refractivity contribution in [3.8, 4) is 5.75 Å². The van der Waals surface area contributed by atoms with Gasteiger partial charge >= 0.3 is 0 Å². The van der Waals surface area contributed by atoms with Crippen molar-refractivity contribution in [3.05, 3.63) is 29.3 Å². The van der Waals surface area contributed by atoms with Crippen LogP contribution in [0.5, 0.6) is 5.75 Å². The molecule has 1 aromatic carbocycles. The summed E-state index contributed by atoms with van der Waals surface area (Å²) in [6.07, 6.45) is 4.73. The number of methoxy groups -OCH3 is 1. The molecule has 2 heteroatoms. The van der Waals surface area contributed by atoms with E-state index < -0.39 is 0 Å². The van der Waals surface area contributed by atoms with Crippen molar-refractivity contribution in [2.24, 2.45) is 17.8 Å². The molecular formula is C15H20O2. The molecule has 1 saturated carbocycles. The Kier molecular flexibility index (Phi) is 2.83. The summed E-state index contributed by atoms with van der Waals surface area (Å²) in [7, 11) is 1.76. The molecule has 0 radical (unpaired) electrons. The fourth-order valence-electron chi connectivity index (χ4n) is 3.80. The zero-order valence-corrected chi connectivity index (χ0v) is 10.4. The molecular weight excluding hydrogens is 212 g/mol. The maximum Gasteiger partial charge on any atom is 0.122 e. The van der Waals surface area contributed by atoms with E-state index in [0.29, 0.717) is 18.4 Å².